The van der Waals surface area contributed by atoms with Crippen molar-refractivity contribution in [3.63, 3.8) is 0 Å². The third-order valence-electron chi connectivity index (χ3n) is 2.26. The summed E-state index contributed by atoms with van der Waals surface area (Å²) >= 11 is 1.39. The summed E-state index contributed by atoms with van der Waals surface area (Å²) in [6.45, 7) is 4.13. The van der Waals surface area contributed by atoms with Gasteiger partial charge in [0, 0.05) is 10.9 Å². The first kappa shape index (κ1) is 9.88. The molecule has 0 N–H and O–H groups in total. The third-order valence-corrected chi connectivity index (χ3v) is 3.00. The van der Waals surface area contributed by atoms with Gasteiger partial charge in [-0.2, -0.15) is 5.26 Å². The van der Waals surface area contributed by atoms with E-state index in [4.69, 9.17) is 5.26 Å². The summed E-state index contributed by atoms with van der Waals surface area (Å²) < 4.78 is 0. The summed E-state index contributed by atoms with van der Waals surface area (Å²) in [6.07, 6.45) is 0. The van der Waals surface area contributed by atoms with Crippen molar-refractivity contribution in [2.45, 2.75) is 13.8 Å². The summed E-state index contributed by atoms with van der Waals surface area (Å²) in [6, 6.07) is 8.30. The highest BCUT2D eigenvalue weighted by atomic mass is 32.1. The van der Waals surface area contributed by atoms with E-state index in [0.717, 1.165) is 11.3 Å². The molecule has 1 aromatic heterocycles. The van der Waals surface area contributed by atoms with Crippen molar-refractivity contribution in [2.75, 3.05) is 0 Å². The van der Waals surface area contributed by atoms with Crippen molar-refractivity contribution in [3.05, 3.63) is 39.7 Å². The van der Waals surface area contributed by atoms with Gasteiger partial charge in [0.05, 0.1) is 5.69 Å². The van der Waals surface area contributed by atoms with Gasteiger partial charge in [-0.1, -0.05) is 23.8 Å². The maximum absolute atomic E-state index is 8.71. The van der Waals surface area contributed by atoms with E-state index in [1.165, 1.54) is 22.5 Å². The predicted octanol–water partition coefficient (Wildman–Crippen LogP) is 3.30. The Morgan fingerprint density at radius 3 is 2.73 bits per heavy atom. The van der Waals surface area contributed by atoms with Crippen LogP contribution in [-0.4, -0.2) is 4.98 Å². The molecule has 0 aliphatic carbocycles. The van der Waals surface area contributed by atoms with Crippen LogP contribution in [0.25, 0.3) is 11.3 Å². The largest absolute Gasteiger partial charge is 0.226 e. The molecule has 15 heavy (non-hydrogen) atoms. The maximum Gasteiger partial charge on any atom is 0.194 e. The van der Waals surface area contributed by atoms with E-state index in [0.29, 0.717) is 5.01 Å². The fraction of sp³-hybridized carbons (Fsp3) is 0.167. The molecule has 0 aliphatic heterocycles. The number of hydrogen-bond donors (Lipinski definition) is 0. The van der Waals surface area contributed by atoms with Gasteiger partial charge in [0.2, 0.25) is 0 Å². The normalized spacial score (nSPS) is 9.93. The number of thiazole rings is 1. The van der Waals surface area contributed by atoms with Gasteiger partial charge in [0.1, 0.15) is 6.07 Å². The van der Waals surface area contributed by atoms with Crippen molar-refractivity contribution in [2.24, 2.45) is 0 Å². The number of nitriles is 1. The van der Waals surface area contributed by atoms with Crippen LogP contribution >= 0.6 is 11.3 Å². The topological polar surface area (TPSA) is 36.7 Å². The van der Waals surface area contributed by atoms with E-state index >= 15 is 0 Å². The van der Waals surface area contributed by atoms with E-state index < -0.39 is 0 Å². The molecular weight excluding hydrogens is 204 g/mol. The fourth-order valence-electron chi connectivity index (χ4n) is 1.55. The molecule has 3 heteroatoms. The standard InChI is InChI=1S/C12H10N2S/c1-8-3-4-10(9(2)5-8)11-7-15-12(6-13)14-11/h3-5,7H,1-2H3. The van der Waals surface area contributed by atoms with Crippen LogP contribution in [0.15, 0.2) is 23.6 Å². The summed E-state index contributed by atoms with van der Waals surface area (Å²) in [5.41, 5.74) is 4.45. The summed E-state index contributed by atoms with van der Waals surface area (Å²) in [4.78, 5) is 4.25. The molecule has 0 amide bonds. The average Bonchev–Trinajstić information content (AvgIpc) is 2.66. The molecule has 0 saturated heterocycles. The monoisotopic (exact) mass is 214 g/mol. The van der Waals surface area contributed by atoms with E-state index in [9.17, 15) is 0 Å². The van der Waals surface area contributed by atoms with Crippen LogP contribution in [0, 0.1) is 25.2 Å². The highest BCUT2D eigenvalue weighted by molar-refractivity contribution is 7.10. The minimum absolute atomic E-state index is 0.518. The van der Waals surface area contributed by atoms with Gasteiger partial charge in [-0.15, -0.1) is 11.3 Å². The molecule has 0 fully saturated rings. The molecule has 2 aromatic rings. The van der Waals surface area contributed by atoms with Gasteiger partial charge < -0.3 is 0 Å². The molecule has 1 heterocycles. The molecule has 0 unspecified atom stereocenters. The highest BCUT2D eigenvalue weighted by Crippen LogP contribution is 2.25. The van der Waals surface area contributed by atoms with Gasteiger partial charge in [-0.3, -0.25) is 0 Å². The molecule has 0 atom stereocenters. The van der Waals surface area contributed by atoms with Crippen LogP contribution in [0.4, 0.5) is 0 Å². The quantitative estimate of drug-likeness (QED) is 0.730. The van der Waals surface area contributed by atoms with Crippen LogP contribution in [0.5, 0.6) is 0 Å². The van der Waals surface area contributed by atoms with Crippen molar-refractivity contribution in [1.82, 2.24) is 4.98 Å². The molecule has 0 saturated carbocycles. The van der Waals surface area contributed by atoms with Crippen LogP contribution in [-0.2, 0) is 0 Å². The minimum Gasteiger partial charge on any atom is -0.226 e. The summed E-state index contributed by atoms with van der Waals surface area (Å²) in [5, 5.41) is 11.2. The van der Waals surface area contributed by atoms with E-state index in [1.54, 1.807) is 0 Å². The number of rotatable bonds is 1. The Balaban J connectivity index is 2.50. The lowest BCUT2D eigenvalue weighted by Crippen LogP contribution is -1.84. The lowest BCUT2D eigenvalue weighted by molar-refractivity contribution is 1.31. The Bertz CT molecular complexity index is 535. The zero-order valence-corrected chi connectivity index (χ0v) is 9.43. The van der Waals surface area contributed by atoms with Crippen molar-refractivity contribution >= 4 is 11.3 Å². The van der Waals surface area contributed by atoms with Crippen molar-refractivity contribution in [1.29, 1.82) is 5.26 Å². The van der Waals surface area contributed by atoms with Crippen molar-refractivity contribution in [3.8, 4) is 17.3 Å². The van der Waals surface area contributed by atoms with Crippen molar-refractivity contribution < 1.29 is 0 Å². The molecule has 74 valence electrons. The zero-order chi connectivity index (χ0) is 10.8. The lowest BCUT2D eigenvalue weighted by Gasteiger charge is -2.02. The Labute approximate surface area is 92.8 Å². The second kappa shape index (κ2) is 3.84. The summed E-state index contributed by atoms with van der Waals surface area (Å²) in [7, 11) is 0. The molecule has 0 radical (unpaired) electrons. The predicted molar refractivity (Wildman–Crippen MR) is 61.7 cm³/mol. The fourth-order valence-corrected chi connectivity index (χ4v) is 2.16. The number of hydrogen-bond acceptors (Lipinski definition) is 3. The molecule has 0 bridgehead atoms. The number of benzene rings is 1. The molecular formula is C12H10N2S. The first-order valence-electron chi connectivity index (χ1n) is 4.64. The first-order chi connectivity index (χ1) is 7.20. The van der Waals surface area contributed by atoms with E-state index in [2.05, 4.69) is 43.1 Å². The molecule has 1 aromatic carbocycles. The maximum atomic E-state index is 8.71. The Morgan fingerprint density at radius 1 is 1.33 bits per heavy atom. The van der Waals surface area contributed by atoms with Crippen LogP contribution in [0.2, 0.25) is 0 Å². The van der Waals surface area contributed by atoms with Gasteiger partial charge in [-0.25, -0.2) is 4.98 Å². The SMILES string of the molecule is Cc1ccc(-c2csc(C#N)n2)c(C)c1. The van der Waals surface area contributed by atoms with E-state index in [1.807, 2.05) is 5.38 Å². The second-order valence-electron chi connectivity index (χ2n) is 3.47. The Kier molecular flexibility index (Phi) is 2.53. The van der Waals surface area contributed by atoms with Gasteiger partial charge in [0.25, 0.3) is 0 Å². The summed E-state index contributed by atoms with van der Waals surface area (Å²) in [5.74, 6) is 0. The molecule has 0 aliphatic rings. The molecule has 0 spiro atoms. The molecule has 2 rings (SSSR count). The van der Waals surface area contributed by atoms with Gasteiger partial charge in [0.15, 0.2) is 5.01 Å². The number of aromatic nitrogens is 1. The van der Waals surface area contributed by atoms with Crippen LogP contribution in [0.3, 0.4) is 0 Å². The minimum atomic E-state index is 0.518. The van der Waals surface area contributed by atoms with Gasteiger partial charge >= 0.3 is 0 Å². The molecule has 2 nitrogen and oxygen atoms in total. The number of aryl methyl sites for hydroxylation is 2. The Hall–Kier alpha value is -1.66. The van der Waals surface area contributed by atoms with Crippen LogP contribution < -0.4 is 0 Å². The average molecular weight is 214 g/mol. The third kappa shape index (κ3) is 1.90. The lowest BCUT2D eigenvalue weighted by atomic mass is 10.0. The van der Waals surface area contributed by atoms with Crippen LogP contribution in [0.1, 0.15) is 16.1 Å². The zero-order valence-electron chi connectivity index (χ0n) is 8.61. The second-order valence-corrected chi connectivity index (χ2v) is 4.33. The van der Waals surface area contributed by atoms with Gasteiger partial charge in [-0.05, 0) is 19.4 Å². The smallest absolute Gasteiger partial charge is 0.194 e. The first-order valence-corrected chi connectivity index (χ1v) is 5.52. The number of nitrogens with zero attached hydrogens (tertiary/aromatic N) is 2. The van der Waals surface area contributed by atoms with E-state index in [-0.39, 0.29) is 0 Å². The Morgan fingerprint density at radius 2 is 2.13 bits per heavy atom. The highest BCUT2D eigenvalue weighted by Gasteiger charge is 2.06.